The Balaban J connectivity index is 0.000000717. The lowest BCUT2D eigenvalue weighted by molar-refractivity contribution is -0.159. The second-order valence-electron chi connectivity index (χ2n) is 8.42. The Labute approximate surface area is 221 Å². The number of halogens is 1. The molecule has 37 heavy (non-hydrogen) atoms. The molecule has 204 valence electrons. The van der Waals surface area contributed by atoms with Crippen molar-refractivity contribution in [2.75, 3.05) is 40.5 Å². The summed E-state index contributed by atoms with van der Waals surface area (Å²) in [4.78, 5) is 20.6. The molecule has 0 radical (unpaired) electrons. The van der Waals surface area contributed by atoms with Gasteiger partial charge in [-0.05, 0) is 56.5 Å². The highest BCUT2D eigenvalue weighted by molar-refractivity contribution is 6.32. The van der Waals surface area contributed by atoms with Crippen molar-refractivity contribution >= 4 is 23.5 Å². The number of nitrogens with zero attached hydrogens (tertiary/aromatic N) is 1. The fourth-order valence-corrected chi connectivity index (χ4v) is 4.25. The van der Waals surface area contributed by atoms with E-state index in [2.05, 4.69) is 4.90 Å². The summed E-state index contributed by atoms with van der Waals surface area (Å²) in [7, 11) is 3.09. The molecular weight excluding hydrogens is 506 g/mol. The molecule has 0 saturated carbocycles. The maximum absolute atomic E-state index is 11.1. The number of carboxylic acids is 2. The van der Waals surface area contributed by atoms with Crippen LogP contribution in [0.1, 0.15) is 42.9 Å². The maximum atomic E-state index is 11.1. The molecule has 1 aliphatic rings. The van der Waals surface area contributed by atoms with Crippen LogP contribution >= 0.6 is 11.6 Å². The van der Waals surface area contributed by atoms with Gasteiger partial charge in [0.1, 0.15) is 18.1 Å². The first kappa shape index (κ1) is 30.0. The van der Waals surface area contributed by atoms with Gasteiger partial charge in [0.15, 0.2) is 11.5 Å². The van der Waals surface area contributed by atoms with Gasteiger partial charge in [0.2, 0.25) is 0 Å². The number of aliphatic hydroxyl groups excluding tert-OH is 1. The molecule has 0 amide bonds. The predicted octanol–water partition coefficient (Wildman–Crippen LogP) is 3.75. The molecule has 1 saturated heterocycles. The lowest BCUT2D eigenvalue weighted by Gasteiger charge is -2.27. The third kappa shape index (κ3) is 9.31. The number of aromatic hydroxyl groups is 1. The first-order valence-corrected chi connectivity index (χ1v) is 12.3. The number of benzene rings is 2. The van der Waals surface area contributed by atoms with Crippen LogP contribution in [-0.4, -0.2) is 77.7 Å². The Hall–Kier alpha value is -3.21. The van der Waals surface area contributed by atoms with Crippen molar-refractivity contribution in [2.45, 2.75) is 38.2 Å². The van der Waals surface area contributed by atoms with Gasteiger partial charge in [0, 0.05) is 12.6 Å². The monoisotopic (exact) mass is 539 g/mol. The van der Waals surface area contributed by atoms with Gasteiger partial charge in [-0.15, -0.1) is 0 Å². The molecule has 1 aliphatic heterocycles. The normalized spacial score (nSPS) is 14.2. The Morgan fingerprint density at radius 1 is 1.00 bits per heavy atom. The number of methoxy groups -OCH3 is 2. The van der Waals surface area contributed by atoms with E-state index in [9.17, 15) is 10.2 Å². The minimum absolute atomic E-state index is 0.220. The summed E-state index contributed by atoms with van der Waals surface area (Å²) in [6.07, 6.45) is 3.97. The number of phenolic OH excluding ortho intramolecular Hbond substituents is 1. The van der Waals surface area contributed by atoms with Crippen LogP contribution in [0.25, 0.3) is 0 Å². The van der Waals surface area contributed by atoms with Crippen molar-refractivity contribution in [3.05, 3.63) is 46.5 Å². The summed E-state index contributed by atoms with van der Waals surface area (Å²) < 4.78 is 17.2. The summed E-state index contributed by atoms with van der Waals surface area (Å²) in [5.41, 5.74) is 1.56. The van der Waals surface area contributed by atoms with E-state index in [1.807, 2.05) is 12.1 Å². The van der Waals surface area contributed by atoms with Gasteiger partial charge in [0.05, 0.1) is 30.9 Å². The fraction of sp³-hybridized carbons (Fsp3) is 0.462. The van der Waals surface area contributed by atoms with Crippen LogP contribution in [-0.2, 0) is 16.0 Å². The van der Waals surface area contributed by atoms with Gasteiger partial charge in [0.25, 0.3) is 0 Å². The largest absolute Gasteiger partial charge is 0.508 e. The van der Waals surface area contributed by atoms with E-state index in [0.717, 1.165) is 25.2 Å². The number of phenols is 1. The summed E-state index contributed by atoms with van der Waals surface area (Å²) in [5.74, 6) is -2.12. The number of likely N-dealkylation sites (tertiary alicyclic amines) is 1. The molecule has 1 unspecified atom stereocenters. The van der Waals surface area contributed by atoms with E-state index in [1.165, 1.54) is 26.4 Å². The van der Waals surface area contributed by atoms with E-state index in [1.54, 1.807) is 25.3 Å². The van der Waals surface area contributed by atoms with Crippen molar-refractivity contribution in [3.63, 3.8) is 0 Å². The molecule has 0 aromatic heterocycles. The zero-order valence-corrected chi connectivity index (χ0v) is 21.7. The minimum Gasteiger partial charge on any atom is -0.508 e. The summed E-state index contributed by atoms with van der Waals surface area (Å²) in [6, 6.07) is 8.62. The molecule has 0 aliphatic carbocycles. The number of carboxylic acid groups (broad SMARTS) is 2. The lowest BCUT2D eigenvalue weighted by Crippen LogP contribution is -2.33. The van der Waals surface area contributed by atoms with Crippen LogP contribution in [0.4, 0.5) is 0 Å². The number of piperidine rings is 1. The number of hydrogen-bond donors (Lipinski definition) is 4. The molecular formula is C26H34ClNO9. The van der Waals surface area contributed by atoms with Crippen molar-refractivity contribution < 1.29 is 44.2 Å². The van der Waals surface area contributed by atoms with Crippen LogP contribution in [0.5, 0.6) is 23.0 Å². The summed E-state index contributed by atoms with van der Waals surface area (Å²) in [6.45, 7) is 3.45. The van der Waals surface area contributed by atoms with Crippen molar-refractivity contribution in [2.24, 2.45) is 0 Å². The van der Waals surface area contributed by atoms with Gasteiger partial charge in [-0.1, -0.05) is 30.2 Å². The van der Waals surface area contributed by atoms with Gasteiger partial charge < -0.3 is 34.6 Å². The standard InChI is InChI=1S/C24H32ClNO5.C2H2O4/c1-29-21-16-19(25)23(30-2)24(31-15-14-26-12-4-3-5-13-26)22(21)20(28)11-8-17-6-9-18(27)10-7-17;3-1(4)2(5)6/h6-7,9-10,16,20,27-28H,3-5,8,11-15H2,1-2H3;(H,3,4)(H,5,6). The second-order valence-corrected chi connectivity index (χ2v) is 8.83. The summed E-state index contributed by atoms with van der Waals surface area (Å²) >= 11 is 6.40. The van der Waals surface area contributed by atoms with Gasteiger partial charge in [-0.25, -0.2) is 9.59 Å². The Morgan fingerprint density at radius 2 is 1.62 bits per heavy atom. The van der Waals surface area contributed by atoms with Crippen LogP contribution in [0.2, 0.25) is 5.02 Å². The fourth-order valence-electron chi connectivity index (χ4n) is 3.99. The Bertz CT molecular complexity index is 1010. The van der Waals surface area contributed by atoms with E-state index in [-0.39, 0.29) is 5.75 Å². The molecule has 1 atom stereocenters. The van der Waals surface area contributed by atoms with Gasteiger partial charge in [-0.3, -0.25) is 4.90 Å². The number of aryl methyl sites for hydroxylation is 1. The highest BCUT2D eigenvalue weighted by Crippen LogP contribution is 2.47. The lowest BCUT2D eigenvalue weighted by atomic mass is 9.99. The van der Waals surface area contributed by atoms with E-state index in [4.69, 9.17) is 45.6 Å². The average Bonchev–Trinajstić information content (AvgIpc) is 2.88. The quantitative estimate of drug-likeness (QED) is 0.329. The first-order valence-electron chi connectivity index (χ1n) is 11.9. The minimum atomic E-state index is -1.82. The van der Waals surface area contributed by atoms with E-state index >= 15 is 0 Å². The molecule has 1 fully saturated rings. The SMILES string of the molecule is COc1cc(Cl)c(OC)c(OCCN2CCCCC2)c1C(O)CCc1ccc(O)cc1.O=C(O)C(=O)O. The molecule has 11 heteroatoms. The zero-order chi connectivity index (χ0) is 27.4. The van der Waals surface area contributed by atoms with Crippen LogP contribution in [0.3, 0.4) is 0 Å². The molecule has 0 bridgehead atoms. The molecule has 0 spiro atoms. The highest BCUT2D eigenvalue weighted by Gasteiger charge is 2.26. The second kappa shape index (κ2) is 15.1. The number of rotatable bonds is 10. The van der Waals surface area contributed by atoms with Crippen LogP contribution in [0.15, 0.2) is 30.3 Å². The van der Waals surface area contributed by atoms with Gasteiger partial charge >= 0.3 is 11.9 Å². The average molecular weight is 540 g/mol. The van der Waals surface area contributed by atoms with Crippen LogP contribution in [0, 0.1) is 0 Å². The zero-order valence-electron chi connectivity index (χ0n) is 21.0. The molecule has 10 nitrogen and oxygen atoms in total. The van der Waals surface area contributed by atoms with Crippen LogP contribution < -0.4 is 14.2 Å². The van der Waals surface area contributed by atoms with Crippen molar-refractivity contribution in [1.29, 1.82) is 0 Å². The third-order valence-electron chi connectivity index (χ3n) is 5.88. The molecule has 2 aromatic rings. The number of ether oxygens (including phenoxy) is 3. The first-order chi connectivity index (χ1) is 17.7. The molecule has 2 aromatic carbocycles. The third-order valence-corrected chi connectivity index (χ3v) is 6.16. The number of carbonyl (C=O) groups is 2. The molecule has 1 heterocycles. The molecule has 3 rings (SSSR count). The summed E-state index contributed by atoms with van der Waals surface area (Å²) in [5, 5.41) is 35.7. The topological polar surface area (TPSA) is 146 Å². The predicted molar refractivity (Wildman–Crippen MR) is 137 cm³/mol. The number of aliphatic carboxylic acids is 2. The van der Waals surface area contributed by atoms with Gasteiger partial charge in [-0.2, -0.15) is 0 Å². The molecule has 4 N–H and O–H groups in total. The van der Waals surface area contributed by atoms with E-state index < -0.39 is 18.0 Å². The van der Waals surface area contributed by atoms with Crippen molar-refractivity contribution in [3.8, 4) is 23.0 Å². The number of hydrogen-bond acceptors (Lipinski definition) is 8. The van der Waals surface area contributed by atoms with Crippen molar-refractivity contribution in [1.82, 2.24) is 4.90 Å². The highest BCUT2D eigenvalue weighted by atomic mass is 35.5. The maximum Gasteiger partial charge on any atom is 0.414 e. The number of aliphatic hydroxyl groups is 1. The Morgan fingerprint density at radius 3 is 2.16 bits per heavy atom. The van der Waals surface area contributed by atoms with E-state index in [0.29, 0.717) is 47.3 Å². The smallest absolute Gasteiger partial charge is 0.414 e. The Kier molecular flexibility index (Phi) is 12.3.